The summed E-state index contributed by atoms with van der Waals surface area (Å²) in [4.78, 5) is 37.3. The fraction of sp³-hybridized carbons (Fsp3) is 0.823. The van der Waals surface area contributed by atoms with Gasteiger partial charge in [-0.3, -0.25) is 9.59 Å². The van der Waals surface area contributed by atoms with Crippen molar-refractivity contribution in [3.05, 3.63) is 48.6 Å². The first kappa shape index (κ1) is 68.2. The molecule has 0 aliphatic carbocycles. The minimum absolute atomic E-state index is 0.179. The molecule has 0 saturated heterocycles. The number of rotatable bonds is 55. The smallest absolute Gasteiger partial charge is 0.361 e. The fourth-order valence-corrected chi connectivity index (χ4v) is 8.54. The molecule has 0 aliphatic rings. The van der Waals surface area contributed by atoms with Gasteiger partial charge in [0, 0.05) is 12.8 Å². The van der Waals surface area contributed by atoms with Crippen LogP contribution in [0.2, 0.25) is 0 Å². The summed E-state index contributed by atoms with van der Waals surface area (Å²) in [5.41, 5.74) is 0. The van der Waals surface area contributed by atoms with Crippen LogP contribution >= 0.6 is 0 Å². The highest BCUT2D eigenvalue weighted by Crippen LogP contribution is 2.18. The van der Waals surface area contributed by atoms with E-state index in [1.165, 1.54) is 180 Å². The van der Waals surface area contributed by atoms with Crippen molar-refractivity contribution < 1.29 is 42.9 Å². The zero-order valence-electron chi connectivity index (χ0n) is 47.1. The maximum absolute atomic E-state index is 12.8. The normalized spacial score (nSPS) is 13.1. The van der Waals surface area contributed by atoms with Gasteiger partial charge in [-0.1, -0.05) is 255 Å². The molecule has 0 heterocycles. The summed E-state index contributed by atoms with van der Waals surface area (Å²) >= 11 is 0. The van der Waals surface area contributed by atoms with Crippen LogP contribution in [-0.4, -0.2) is 87.4 Å². The number of carbonyl (C=O) groups is 3. The number of quaternary nitrogens is 1. The summed E-state index contributed by atoms with van der Waals surface area (Å²) in [6.07, 6.45) is 63.7. The van der Waals surface area contributed by atoms with Crippen LogP contribution in [0.5, 0.6) is 0 Å². The molecule has 9 nitrogen and oxygen atoms in total. The largest absolute Gasteiger partial charge is 0.477 e. The van der Waals surface area contributed by atoms with Crippen LogP contribution in [0.4, 0.5) is 0 Å². The maximum Gasteiger partial charge on any atom is 0.361 e. The Balaban J connectivity index is 4.09. The van der Waals surface area contributed by atoms with E-state index in [2.05, 4.69) is 62.5 Å². The lowest BCUT2D eigenvalue weighted by molar-refractivity contribution is -0.870. The summed E-state index contributed by atoms with van der Waals surface area (Å²) in [7, 11) is 5.95. The summed E-state index contributed by atoms with van der Waals surface area (Å²) in [5.74, 6) is -2.05. The molecule has 0 amide bonds. The molecule has 0 fully saturated rings. The molecule has 71 heavy (non-hydrogen) atoms. The number of unbranched alkanes of at least 4 members (excludes halogenated alkanes) is 32. The van der Waals surface area contributed by atoms with Crippen LogP contribution < -0.4 is 0 Å². The average Bonchev–Trinajstić information content (AvgIpc) is 3.34. The van der Waals surface area contributed by atoms with Gasteiger partial charge < -0.3 is 28.5 Å². The fourth-order valence-electron chi connectivity index (χ4n) is 8.54. The lowest BCUT2D eigenvalue weighted by atomic mass is 10.0. The minimum Gasteiger partial charge on any atom is -0.477 e. The number of ether oxygens (including phenoxy) is 4. The number of hydrogen-bond acceptors (Lipinski definition) is 7. The standard InChI is InChI=1S/C62H113NO8/c1-6-8-10-12-14-16-18-20-22-23-24-25-26-27-28-29-30-31-32-33-34-35-36-37-39-40-42-44-46-48-50-52-59(64)69-56-58(57-70-62(61(66)67)68-55-54-63(3,4)5)71-60(65)53-51-49-47-45-43-41-38-21-19-17-15-13-11-9-7-2/h9,11,15,17,21,38,43,45,58,62H,6-8,10,12-14,16,18-20,22-37,39-42,44,46-57H2,1-5H3/p+1/b11-9-,17-15-,38-21-,45-43-. The van der Waals surface area contributed by atoms with E-state index in [0.29, 0.717) is 23.9 Å². The molecule has 0 bridgehead atoms. The lowest BCUT2D eigenvalue weighted by Crippen LogP contribution is -2.40. The highest BCUT2D eigenvalue weighted by Gasteiger charge is 2.25. The molecule has 0 radical (unpaired) electrons. The van der Waals surface area contributed by atoms with E-state index in [1.54, 1.807) is 0 Å². The Kier molecular flexibility index (Phi) is 51.5. The van der Waals surface area contributed by atoms with Crippen LogP contribution in [0.1, 0.15) is 271 Å². The number of aliphatic carboxylic acids is 1. The van der Waals surface area contributed by atoms with Crippen LogP contribution in [0.25, 0.3) is 0 Å². The van der Waals surface area contributed by atoms with Crippen molar-refractivity contribution in [1.82, 2.24) is 0 Å². The van der Waals surface area contributed by atoms with E-state index in [1.807, 2.05) is 21.1 Å². The Morgan fingerprint density at radius 1 is 0.437 bits per heavy atom. The number of hydrogen-bond donors (Lipinski definition) is 1. The number of allylic oxidation sites excluding steroid dienone is 8. The Bertz CT molecular complexity index is 1300. The van der Waals surface area contributed by atoms with E-state index in [0.717, 1.165) is 57.8 Å². The molecular weight excluding hydrogens is 887 g/mol. The molecule has 0 aliphatic heterocycles. The third kappa shape index (κ3) is 54.9. The lowest BCUT2D eigenvalue weighted by Gasteiger charge is -2.25. The first-order valence-electron chi connectivity index (χ1n) is 29.8. The molecule has 414 valence electrons. The Labute approximate surface area is 438 Å². The number of carbonyl (C=O) groups excluding carboxylic acids is 2. The van der Waals surface area contributed by atoms with Crippen molar-refractivity contribution in [3.8, 4) is 0 Å². The molecule has 2 atom stereocenters. The third-order valence-electron chi connectivity index (χ3n) is 13.1. The van der Waals surface area contributed by atoms with Crippen molar-refractivity contribution in [2.24, 2.45) is 0 Å². The first-order valence-corrected chi connectivity index (χ1v) is 29.8. The van der Waals surface area contributed by atoms with Crippen molar-refractivity contribution in [2.75, 3.05) is 47.5 Å². The molecule has 0 spiro atoms. The SMILES string of the molecule is CC/C=C\C/C=C\C/C=C\C/C=C\CCCCC(=O)OC(COC(=O)CCCCCCCCCCCCCCCCCCCCCCCCCCCCCCCCC)COC(OCC[N+](C)(C)C)C(=O)O. The number of nitrogens with zero attached hydrogens (tertiary/aromatic N) is 1. The number of carboxylic acids is 1. The van der Waals surface area contributed by atoms with E-state index < -0.39 is 24.3 Å². The van der Waals surface area contributed by atoms with Crippen LogP contribution in [-0.2, 0) is 33.3 Å². The molecule has 1 N–H and O–H groups in total. The van der Waals surface area contributed by atoms with E-state index in [-0.39, 0.29) is 32.2 Å². The van der Waals surface area contributed by atoms with Crippen molar-refractivity contribution in [2.45, 2.75) is 283 Å². The summed E-state index contributed by atoms with van der Waals surface area (Å²) in [6, 6.07) is 0. The molecule has 0 aromatic heterocycles. The average molecular weight is 1000 g/mol. The number of likely N-dealkylation sites (N-methyl/N-ethyl adjacent to an activating group) is 1. The first-order chi connectivity index (χ1) is 34.6. The van der Waals surface area contributed by atoms with Gasteiger partial charge in [0.1, 0.15) is 13.2 Å². The maximum atomic E-state index is 12.8. The van der Waals surface area contributed by atoms with Gasteiger partial charge in [-0.05, 0) is 51.4 Å². The van der Waals surface area contributed by atoms with Crippen LogP contribution in [0.15, 0.2) is 48.6 Å². The molecule has 0 saturated carbocycles. The predicted octanol–water partition coefficient (Wildman–Crippen LogP) is 17.5. The second-order valence-electron chi connectivity index (χ2n) is 21.3. The van der Waals surface area contributed by atoms with Crippen molar-refractivity contribution >= 4 is 17.9 Å². The van der Waals surface area contributed by atoms with E-state index >= 15 is 0 Å². The van der Waals surface area contributed by atoms with Gasteiger partial charge in [-0.25, -0.2) is 4.79 Å². The van der Waals surface area contributed by atoms with Crippen LogP contribution in [0, 0.1) is 0 Å². The summed E-state index contributed by atoms with van der Waals surface area (Å²) < 4.78 is 22.8. The topological polar surface area (TPSA) is 108 Å². The second-order valence-corrected chi connectivity index (χ2v) is 21.3. The molecule has 2 unspecified atom stereocenters. The molecular formula is C62H114NO8+. The Morgan fingerprint density at radius 2 is 0.803 bits per heavy atom. The quantitative estimate of drug-likeness (QED) is 0.0211. The predicted molar refractivity (Wildman–Crippen MR) is 300 cm³/mol. The van der Waals surface area contributed by atoms with E-state index in [9.17, 15) is 19.5 Å². The molecule has 0 aromatic carbocycles. The highest BCUT2D eigenvalue weighted by molar-refractivity contribution is 5.71. The third-order valence-corrected chi connectivity index (χ3v) is 13.1. The monoisotopic (exact) mass is 1000 g/mol. The minimum atomic E-state index is -1.52. The molecule has 9 heteroatoms. The second kappa shape index (κ2) is 53.5. The number of carboxylic acid groups (broad SMARTS) is 1. The van der Waals surface area contributed by atoms with Gasteiger partial charge in [-0.15, -0.1) is 0 Å². The van der Waals surface area contributed by atoms with Gasteiger partial charge in [0.15, 0.2) is 6.10 Å². The van der Waals surface area contributed by atoms with Gasteiger partial charge in [-0.2, -0.15) is 0 Å². The zero-order chi connectivity index (χ0) is 52.0. The Morgan fingerprint density at radius 3 is 1.20 bits per heavy atom. The Hall–Kier alpha value is -2.75. The zero-order valence-corrected chi connectivity index (χ0v) is 47.1. The van der Waals surface area contributed by atoms with Gasteiger partial charge in [0.05, 0.1) is 34.4 Å². The van der Waals surface area contributed by atoms with Crippen LogP contribution in [0.3, 0.4) is 0 Å². The van der Waals surface area contributed by atoms with Gasteiger partial charge in [0.25, 0.3) is 6.29 Å². The van der Waals surface area contributed by atoms with Crippen molar-refractivity contribution in [1.29, 1.82) is 0 Å². The highest BCUT2D eigenvalue weighted by atomic mass is 16.7. The molecule has 0 aromatic rings. The van der Waals surface area contributed by atoms with Crippen molar-refractivity contribution in [3.63, 3.8) is 0 Å². The molecule has 0 rings (SSSR count). The summed E-state index contributed by atoms with van der Waals surface area (Å²) in [5, 5.41) is 9.68. The van der Waals surface area contributed by atoms with Gasteiger partial charge >= 0.3 is 17.9 Å². The summed E-state index contributed by atoms with van der Waals surface area (Å²) in [6.45, 7) is 4.74. The van der Waals surface area contributed by atoms with Gasteiger partial charge in [0.2, 0.25) is 0 Å². The van der Waals surface area contributed by atoms with E-state index in [4.69, 9.17) is 18.9 Å². The number of esters is 2.